The van der Waals surface area contributed by atoms with Crippen LogP contribution in [0.3, 0.4) is 0 Å². The summed E-state index contributed by atoms with van der Waals surface area (Å²) in [5.74, 6) is 3.31. The SMILES string of the molecule is Cn1cc2cc(-n3cnc4cc(C5=CC6CCC(C5)B6C#N)ccc4c3=O)ccc2n1. The maximum atomic E-state index is 13.2. The molecular weight excluding hydrogens is 385 g/mol. The largest absolute Gasteiger partial charge is 0.278 e. The summed E-state index contributed by atoms with van der Waals surface area (Å²) >= 11 is 0. The Bertz CT molecular complexity index is 1490. The highest BCUT2D eigenvalue weighted by molar-refractivity contribution is 6.71. The van der Waals surface area contributed by atoms with Crippen LogP contribution in [0.25, 0.3) is 33.1 Å². The summed E-state index contributed by atoms with van der Waals surface area (Å²) in [7, 11) is 1.88. The van der Waals surface area contributed by atoms with Crippen LogP contribution >= 0.6 is 0 Å². The number of rotatable bonds is 2. The van der Waals surface area contributed by atoms with Gasteiger partial charge in [0.2, 0.25) is 0 Å². The molecule has 2 unspecified atom stereocenters. The molecule has 2 aliphatic heterocycles. The Labute approximate surface area is 179 Å². The van der Waals surface area contributed by atoms with E-state index in [1.54, 1.807) is 15.6 Å². The third-order valence-electron chi connectivity index (χ3n) is 6.90. The smallest absolute Gasteiger partial charge is 0.275 e. The number of aromatic nitrogens is 4. The molecule has 6 rings (SSSR count). The maximum absolute atomic E-state index is 13.2. The van der Waals surface area contributed by atoms with E-state index < -0.39 is 0 Å². The molecule has 0 spiro atoms. The molecule has 6 nitrogen and oxygen atoms in total. The molecule has 4 aromatic rings. The van der Waals surface area contributed by atoms with Gasteiger partial charge in [-0.3, -0.25) is 14.0 Å². The molecule has 0 N–H and O–H groups in total. The van der Waals surface area contributed by atoms with Crippen molar-refractivity contribution in [2.45, 2.75) is 30.9 Å². The van der Waals surface area contributed by atoms with Crippen LogP contribution < -0.4 is 5.56 Å². The van der Waals surface area contributed by atoms with Gasteiger partial charge in [0.1, 0.15) is 6.33 Å². The van der Waals surface area contributed by atoms with Crippen LogP contribution in [0.15, 0.2) is 59.8 Å². The third-order valence-corrected chi connectivity index (χ3v) is 6.90. The van der Waals surface area contributed by atoms with E-state index >= 15 is 0 Å². The Morgan fingerprint density at radius 3 is 2.90 bits per heavy atom. The molecule has 2 bridgehead atoms. The van der Waals surface area contributed by atoms with E-state index in [-0.39, 0.29) is 12.3 Å². The molecule has 4 heterocycles. The minimum atomic E-state index is -0.0815. The minimum Gasteiger partial charge on any atom is -0.275 e. The molecular formula is C24H20BN5O. The highest BCUT2D eigenvalue weighted by atomic mass is 16.1. The van der Waals surface area contributed by atoms with Crippen molar-refractivity contribution in [3.8, 4) is 11.7 Å². The summed E-state index contributed by atoms with van der Waals surface area (Å²) in [6, 6.07) is 11.7. The summed E-state index contributed by atoms with van der Waals surface area (Å²) in [4.78, 5) is 17.8. The lowest BCUT2D eigenvalue weighted by molar-refractivity contribution is 0.774. The third kappa shape index (κ3) is 2.82. The van der Waals surface area contributed by atoms with Crippen LogP contribution in [0, 0.1) is 11.2 Å². The molecule has 0 radical (unpaired) electrons. The van der Waals surface area contributed by atoms with Gasteiger partial charge in [0.05, 0.1) is 22.1 Å². The first-order chi connectivity index (χ1) is 15.1. The van der Waals surface area contributed by atoms with E-state index in [4.69, 9.17) is 0 Å². The second kappa shape index (κ2) is 6.68. The van der Waals surface area contributed by atoms with Gasteiger partial charge in [-0.2, -0.15) is 5.10 Å². The number of nitrogens with zero attached hydrogens (tertiary/aromatic N) is 5. The van der Waals surface area contributed by atoms with Gasteiger partial charge in [-0.1, -0.05) is 25.0 Å². The quantitative estimate of drug-likeness (QED) is 0.470. The zero-order valence-corrected chi connectivity index (χ0v) is 17.2. The highest BCUT2D eigenvalue weighted by Crippen LogP contribution is 2.49. The topological polar surface area (TPSA) is 76.5 Å². The summed E-state index contributed by atoms with van der Waals surface area (Å²) in [6.07, 6.45) is 8.99. The van der Waals surface area contributed by atoms with Crippen molar-refractivity contribution in [3.05, 3.63) is 70.9 Å². The van der Waals surface area contributed by atoms with Gasteiger partial charge in [-0.15, -0.1) is 0 Å². The average molecular weight is 405 g/mol. The summed E-state index contributed by atoms with van der Waals surface area (Å²) in [5, 5.41) is 15.4. The Morgan fingerprint density at radius 2 is 2.06 bits per heavy atom. The van der Waals surface area contributed by atoms with Gasteiger partial charge in [-0.25, -0.2) is 10.2 Å². The summed E-state index contributed by atoms with van der Waals surface area (Å²) in [5.41, 5.74) is 4.69. The molecule has 0 amide bonds. The van der Waals surface area contributed by atoms with E-state index in [9.17, 15) is 10.1 Å². The molecule has 150 valence electrons. The van der Waals surface area contributed by atoms with Crippen molar-refractivity contribution in [2.24, 2.45) is 7.05 Å². The van der Waals surface area contributed by atoms with Crippen LogP contribution in [0.4, 0.5) is 0 Å². The second-order valence-corrected chi connectivity index (χ2v) is 8.75. The Balaban J connectivity index is 1.41. The van der Waals surface area contributed by atoms with E-state index in [1.165, 1.54) is 5.57 Å². The number of hydrogen-bond donors (Lipinski definition) is 0. The molecule has 2 aromatic heterocycles. The lowest BCUT2D eigenvalue weighted by Crippen LogP contribution is -2.21. The van der Waals surface area contributed by atoms with Crippen molar-refractivity contribution in [2.75, 3.05) is 0 Å². The van der Waals surface area contributed by atoms with Gasteiger partial charge in [-0.05, 0) is 59.5 Å². The zero-order chi connectivity index (χ0) is 21.1. The molecule has 1 fully saturated rings. The van der Waals surface area contributed by atoms with Crippen LogP contribution in [-0.4, -0.2) is 26.0 Å². The Kier molecular flexibility index (Phi) is 3.91. The molecule has 1 saturated heterocycles. The van der Waals surface area contributed by atoms with Crippen LogP contribution in [0.5, 0.6) is 0 Å². The predicted octanol–water partition coefficient (Wildman–Crippen LogP) is 4.15. The highest BCUT2D eigenvalue weighted by Gasteiger charge is 2.42. The fraction of sp³-hybridized carbons (Fsp3) is 0.250. The standard InChI is InChI=1S/C24H20BN5O/c1-29-12-17-10-20(5-7-22(17)28-29)30-14-27-23-11-15(2-6-21(23)24(30)31)16-8-18-3-4-19(9-16)25(18)13-26/h2,5-8,10-12,14,18-19H,3-4,9H2,1H3. The van der Waals surface area contributed by atoms with Gasteiger partial charge >= 0.3 is 0 Å². The number of benzene rings is 2. The molecule has 0 aliphatic carbocycles. The normalized spacial score (nSPS) is 20.3. The van der Waals surface area contributed by atoms with Gasteiger partial charge in [0.15, 0.2) is 0 Å². The van der Waals surface area contributed by atoms with E-state index in [0.29, 0.717) is 22.5 Å². The predicted molar refractivity (Wildman–Crippen MR) is 122 cm³/mol. The number of aryl methyl sites for hydroxylation is 1. The number of allylic oxidation sites excluding steroid dienone is 2. The van der Waals surface area contributed by atoms with Crippen molar-refractivity contribution in [1.82, 2.24) is 19.3 Å². The van der Waals surface area contributed by atoms with Crippen LogP contribution in [-0.2, 0) is 7.05 Å². The molecule has 2 aliphatic rings. The van der Waals surface area contributed by atoms with Crippen molar-refractivity contribution < 1.29 is 0 Å². The fourth-order valence-corrected chi connectivity index (χ4v) is 5.35. The van der Waals surface area contributed by atoms with E-state index in [0.717, 1.165) is 41.4 Å². The van der Waals surface area contributed by atoms with Gasteiger partial charge in [0.25, 0.3) is 12.3 Å². The maximum Gasteiger partial charge on any atom is 0.278 e. The second-order valence-electron chi connectivity index (χ2n) is 8.75. The first kappa shape index (κ1) is 18.1. The first-order valence-electron chi connectivity index (χ1n) is 10.7. The van der Waals surface area contributed by atoms with Gasteiger partial charge in [0, 0.05) is 24.6 Å². The average Bonchev–Trinajstić information content (AvgIpc) is 3.27. The Morgan fingerprint density at radius 1 is 1.16 bits per heavy atom. The molecule has 0 saturated carbocycles. The lowest BCUT2D eigenvalue weighted by Gasteiger charge is -2.22. The van der Waals surface area contributed by atoms with Crippen molar-refractivity contribution >= 4 is 34.1 Å². The fourth-order valence-electron chi connectivity index (χ4n) is 5.35. The number of nitriles is 1. The van der Waals surface area contributed by atoms with Crippen LogP contribution in [0.2, 0.25) is 11.6 Å². The first-order valence-corrected chi connectivity index (χ1v) is 10.7. The number of fused-ring (bicyclic) bond motifs is 4. The van der Waals surface area contributed by atoms with Gasteiger partial charge < -0.3 is 0 Å². The Hall–Kier alpha value is -3.66. The van der Waals surface area contributed by atoms with Crippen LogP contribution in [0.1, 0.15) is 24.8 Å². The number of hydrogen-bond acceptors (Lipinski definition) is 4. The van der Waals surface area contributed by atoms with E-state index in [2.05, 4.69) is 22.1 Å². The molecule has 2 aromatic carbocycles. The molecule has 31 heavy (non-hydrogen) atoms. The minimum absolute atomic E-state index is 0.0815. The van der Waals surface area contributed by atoms with E-state index in [1.807, 2.05) is 49.6 Å². The lowest BCUT2D eigenvalue weighted by atomic mass is 9.36. The summed E-state index contributed by atoms with van der Waals surface area (Å²) < 4.78 is 3.36. The monoisotopic (exact) mass is 405 g/mol. The molecule has 7 heteroatoms. The molecule has 2 atom stereocenters. The summed E-state index contributed by atoms with van der Waals surface area (Å²) in [6.45, 7) is 0.159. The van der Waals surface area contributed by atoms with Crippen molar-refractivity contribution in [1.29, 1.82) is 5.26 Å². The zero-order valence-electron chi connectivity index (χ0n) is 17.2. The van der Waals surface area contributed by atoms with Crippen molar-refractivity contribution in [3.63, 3.8) is 0 Å².